The molecule has 0 radical (unpaired) electrons. The van der Waals surface area contributed by atoms with Gasteiger partial charge in [-0.05, 0) is 18.8 Å². The van der Waals surface area contributed by atoms with Crippen molar-refractivity contribution >= 4 is 0 Å². The Morgan fingerprint density at radius 1 is 1.43 bits per heavy atom. The lowest BCUT2D eigenvalue weighted by Crippen LogP contribution is -2.10. The van der Waals surface area contributed by atoms with Gasteiger partial charge in [0.15, 0.2) is 5.76 Å². The van der Waals surface area contributed by atoms with Crippen molar-refractivity contribution in [3.05, 3.63) is 17.5 Å². The third kappa shape index (κ3) is 1.98. The second-order valence-corrected chi connectivity index (χ2v) is 4.33. The highest BCUT2D eigenvalue weighted by atomic mass is 16.5. The van der Waals surface area contributed by atoms with Crippen LogP contribution < -0.4 is 0 Å². The molecular weight excluding hydrogens is 178 g/mol. The lowest BCUT2D eigenvalue weighted by molar-refractivity contribution is 0.227. The number of hydrogen-bond acceptors (Lipinski definition) is 3. The monoisotopic (exact) mass is 195 g/mol. The molecule has 3 nitrogen and oxygen atoms in total. The molecule has 1 aliphatic carbocycles. The molecular formula is C11H17NO2. The lowest BCUT2D eigenvalue weighted by atomic mass is 9.81. The zero-order valence-electron chi connectivity index (χ0n) is 8.57. The molecule has 1 aromatic heterocycles. The van der Waals surface area contributed by atoms with Gasteiger partial charge in [0.1, 0.15) is 6.61 Å². The SMILES string of the molecule is CC1CCC(c2cc(CO)on2)CC1. The van der Waals surface area contributed by atoms with E-state index in [2.05, 4.69) is 12.1 Å². The molecule has 0 bridgehead atoms. The molecule has 0 saturated heterocycles. The summed E-state index contributed by atoms with van der Waals surface area (Å²) in [6, 6.07) is 1.89. The second-order valence-electron chi connectivity index (χ2n) is 4.33. The van der Waals surface area contributed by atoms with Crippen LogP contribution >= 0.6 is 0 Å². The van der Waals surface area contributed by atoms with E-state index in [1.807, 2.05) is 6.07 Å². The highest BCUT2D eigenvalue weighted by Crippen LogP contribution is 2.34. The number of aromatic nitrogens is 1. The molecule has 0 aliphatic heterocycles. The van der Waals surface area contributed by atoms with Gasteiger partial charge in [-0.1, -0.05) is 24.9 Å². The minimum absolute atomic E-state index is 0.0455. The fraction of sp³-hybridized carbons (Fsp3) is 0.727. The summed E-state index contributed by atoms with van der Waals surface area (Å²) in [6.07, 6.45) is 4.98. The van der Waals surface area contributed by atoms with Crippen LogP contribution in [0.2, 0.25) is 0 Å². The van der Waals surface area contributed by atoms with Crippen LogP contribution in [-0.4, -0.2) is 10.3 Å². The highest BCUT2D eigenvalue weighted by Gasteiger charge is 2.22. The van der Waals surface area contributed by atoms with Gasteiger partial charge in [-0.25, -0.2) is 0 Å². The maximum atomic E-state index is 8.86. The number of aliphatic hydroxyl groups is 1. The van der Waals surface area contributed by atoms with Gasteiger partial charge in [0.25, 0.3) is 0 Å². The number of rotatable bonds is 2. The molecule has 3 heteroatoms. The average Bonchev–Trinajstić information content (AvgIpc) is 2.67. The Kier molecular flexibility index (Phi) is 2.87. The van der Waals surface area contributed by atoms with Gasteiger partial charge in [-0.3, -0.25) is 0 Å². The van der Waals surface area contributed by atoms with Gasteiger partial charge >= 0.3 is 0 Å². The van der Waals surface area contributed by atoms with Gasteiger partial charge < -0.3 is 9.63 Å². The highest BCUT2D eigenvalue weighted by molar-refractivity contribution is 5.10. The van der Waals surface area contributed by atoms with E-state index in [0.717, 1.165) is 11.6 Å². The van der Waals surface area contributed by atoms with Crippen LogP contribution in [-0.2, 0) is 6.61 Å². The van der Waals surface area contributed by atoms with Crippen molar-refractivity contribution in [2.24, 2.45) is 5.92 Å². The molecule has 1 heterocycles. The van der Waals surface area contributed by atoms with E-state index in [-0.39, 0.29) is 6.61 Å². The summed E-state index contributed by atoms with van der Waals surface area (Å²) >= 11 is 0. The minimum Gasteiger partial charge on any atom is -0.388 e. The third-order valence-electron chi connectivity index (χ3n) is 3.17. The molecule has 0 unspecified atom stereocenters. The van der Waals surface area contributed by atoms with Crippen molar-refractivity contribution < 1.29 is 9.63 Å². The Morgan fingerprint density at radius 2 is 2.14 bits per heavy atom. The van der Waals surface area contributed by atoms with Crippen molar-refractivity contribution in [1.29, 1.82) is 0 Å². The minimum atomic E-state index is -0.0455. The molecule has 1 aromatic rings. The fourth-order valence-corrected chi connectivity index (χ4v) is 2.15. The Labute approximate surface area is 84.1 Å². The summed E-state index contributed by atoms with van der Waals surface area (Å²) in [6.45, 7) is 2.26. The number of nitrogens with zero attached hydrogens (tertiary/aromatic N) is 1. The van der Waals surface area contributed by atoms with E-state index in [0.29, 0.717) is 11.7 Å². The standard InChI is InChI=1S/C11H17NO2/c1-8-2-4-9(5-3-8)11-6-10(7-13)14-12-11/h6,8-9,13H,2-5,7H2,1H3. The average molecular weight is 195 g/mol. The predicted octanol–water partition coefficient (Wildman–Crippen LogP) is 2.46. The Bertz CT molecular complexity index is 287. The van der Waals surface area contributed by atoms with Crippen molar-refractivity contribution in [1.82, 2.24) is 5.16 Å². The third-order valence-corrected chi connectivity index (χ3v) is 3.17. The van der Waals surface area contributed by atoms with Crippen molar-refractivity contribution in [3.8, 4) is 0 Å². The molecule has 1 saturated carbocycles. The van der Waals surface area contributed by atoms with Crippen LogP contribution in [0.1, 0.15) is 50.0 Å². The number of hydrogen-bond donors (Lipinski definition) is 1. The van der Waals surface area contributed by atoms with Crippen LogP contribution in [0.15, 0.2) is 10.6 Å². The maximum Gasteiger partial charge on any atom is 0.162 e. The molecule has 1 fully saturated rings. The number of aliphatic hydroxyl groups excluding tert-OH is 1. The summed E-state index contributed by atoms with van der Waals surface area (Å²) in [7, 11) is 0. The molecule has 2 rings (SSSR count). The van der Waals surface area contributed by atoms with E-state index in [4.69, 9.17) is 9.63 Å². The molecule has 0 aromatic carbocycles. The predicted molar refractivity (Wildman–Crippen MR) is 52.8 cm³/mol. The van der Waals surface area contributed by atoms with Gasteiger partial charge in [0.2, 0.25) is 0 Å². The summed E-state index contributed by atoms with van der Waals surface area (Å²) in [5, 5.41) is 12.9. The normalized spacial score (nSPS) is 27.9. The first-order valence-electron chi connectivity index (χ1n) is 5.36. The van der Waals surface area contributed by atoms with Gasteiger partial charge in [-0.2, -0.15) is 0 Å². The zero-order chi connectivity index (χ0) is 9.97. The van der Waals surface area contributed by atoms with Gasteiger partial charge in [0.05, 0.1) is 5.69 Å². The van der Waals surface area contributed by atoms with Crippen molar-refractivity contribution in [2.45, 2.75) is 45.1 Å². The van der Waals surface area contributed by atoms with E-state index in [1.54, 1.807) is 0 Å². The second kappa shape index (κ2) is 4.13. The van der Waals surface area contributed by atoms with E-state index >= 15 is 0 Å². The van der Waals surface area contributed by atoms with Crippen LogP contribution in [0.25, 0.3) is 0 Å². The molecule has 78 valence electrons. The quantitative estimate of drug-likeness (QED) is 0.788. The summed E-state index contributed by atoms with van der Waals surface area (Å²) in [4.78, 5) is 0. The van der Waals surface area contributed by atoms with Gasteiger partial charge in [0, 0.05) is 12.0 Å². The summed E-state index contributed by atoms with van der Waals surface area (Å²) < 4.78 is 4.99. The van der Waals surface area contributed by atoms with E-state index < -0.39 is 0 Å². The molecule has 1 N–H and O–H groups in total. The van der Waals surface area contributed by atoms with Crippen LogP contribution in [0.5, 0.6) is 0 Å². The van der Waals surface area contributed by atoms with E-state index in [9.17, 15) is 0 Å². The van der Waals surface area contributed by atoms with E-state index in [1.165, 1.54) is 25.7 Å². The van der Waals surface area contributed by atoms with Gasteiger partial charge in [-0.15, -0.1) is 0 Å². The summed E-state index contributed by atoms with van der Waals surface area (Å²) in [5.74, 6) is 1.99. The topological polar surface area (TPSA) is 46.3 Å². The fourth-order valence-electron chi connectivity index (χ4n) is 2.15. The van der Waals surface area contributed by atoms with Crippen molar-refractivity contribution in [3.63, 3.8) is 0 Å². The van der Waals surface area contributed by atoms with Crippen molar-refractivity contribution in [2.75, 3.05) is 0 Å². The van der Waals surface area contributed by atoms with Crippen LogP contribution in [0.3, 0.4) is 0 Å². The Morgan fingerprint density at radius 3 is 2.71 bits per heavy atom. The summed E-state index contributed by atoms with van der Waals surface area (Å²) in [5.41, 5.74) is 1.03. The molecule has 1 aliphatic rings. The first-order valence-corrected chi connectivity index (χ1v) is 5.36. The Balaban J connectivity index is 2.01. The first-order chi connectivity index (χ1) is 6.79. The first kappa shape index (κ1) is 9.71. The zero-order valence-corrected chi connectivity index (χ0v) is 8.57. The Hall–Kier alpha value is -0.830. The van der Waals surface area contributed by atoms with Crippen LogP contribution in [0.4, 0.5) is 0 Å². The maximum absolute atomic E-state index is 8.86. The van der Waals surface area contributed by atoms with Crippen LogP contribution in [0, 0.1) is 5.92 Å². The lowest BCUT2D eigenvalue weighted by Gasteiger charge is -2.24. The molecule has 0 amide bonds. The largest absolute Gasteiger partial charge is 0.388 e. The molecule has 14 heavy (non-hydrogen) atoms. The molecule has 0 spiro atoms. The smallest absolute Gasteiger partial charge is 0.162 e. The molecule has 0 atom stereocenters.